The van der Waals surface area contributed by atoms with Crippen molar-refractivity contribution in [3.63, 3.8) is 0 Å². The van der Waals surface area contributed by atoms with Gasteiger partial charge in [-0.2, -0.15) is 0 Å². The molecule has 1 unspecified atom stereocenters. The van der Waals surface area contributed by atoms with Crippen molar-refractivity contribution >= 4 is 17.2 Å². The van der Waals surface area contributed by atoms with Gasteiger partial charge in [0.1, 0.15) is 6.29 Å². The van der Waals surface area contributed by atoms with E-state index in [2.05, 4.69) is 29.8 Å². The Morgan fingerprint density at radius 2 is 2.13 bits per heavy atom. The molecule has 0 aliphatic carbocycles. The van der Waals surface area contributed by atoms with E-state index < -0.39 is 0 Å². The Labute approximate surface area is 89.5 Å². The van der Waals surface area contributed by atoms with Crippen LogP contribution in [0.4, 0.5) is 0 Å². The van der Waals surface area contributed by atoms with Crippen molar-refractivity contribution in [3.8, 4) is 0 Å². The fourth-order valence-electron chi connectivity index (χ4n) is 2.04. The number of hydrogen-bond donors (Lipinski definition) is 0. The van der Waals surface area contributed by atoms with Gasteiger partial charge in [-0.3, -0.25) is 0 Å². The van der Waals surface area contributed by atoms with Gasteiger partial charge in [0.25, 0.3) is 0 Å². The predicted octanol–water partition coefficient (Wildman–Crippen LogP) is 2.87. The third kappa shape index (κ3) is 1.67. The topological polar surface area (TPSA) is 22.0 Å². The van der Waals surface area contributed by atoms with Gasteiger partial charge in [-0.1, -0.05) is 25.1 Å². The van der Waals surface area contributed by atoms with Gasteiger partial charge in [-0.25, -0.2) is 0 Å². The normalized spacial score (nSPS) is 12.9. The Kier molecular flexibility index (Phi) is 2.58. The molecule has 15 heavy (non-hydrogen) atoms. The lowest BCUT2D eigenvalue weighted by Crippen LogP contribution is -1.92. The summed E-state index contributed by atoms with van der Waals surface area (Å²) < 4.78 is 2.12. The van der Waals surface area contributed by atoms with E-state index in [1.54, 1.807) is 0 Å². The molecule has 1 aromatic heterocycles. The summed E-state index contributed by atoms with van der Waals surface area (Å²) in [5.74, 6) is 0.300. The van der Waals surface area contributed by atoms with E-state index in [0.717, 1.165) is 6.29 Å². The molecule has 78 valence electrons. The van der Waals surface area contributed by atoms with Gasteiger partial charge in [0.05, 0.1) is 0 Å². The van der Waals surface area contributed by atoms with Crippen molar-refractivity contribution in [2.75, 3.05) is 0 Å². The number of aryl methyl sites for hydroxylation is 1. The molecule has 0 fully saturated rings. The number of carbonyl (C=O) groups excluding carboxylic acids is 1. The molecule has 2 aromatic rings. The minimum absolute atomic E-state index is 0.300. The first kappa shape index (κ1) is 9.97. The molecule has 2 nitrogen and oxygen atoms in total. The quantitative estimate of drug-likeness (QED) is 0.700. The lowest BCUT2D eigenvalue weighted by molar-refractivity contribution is -0.108. The number of benzene rings is 1. The first-order valence-electron chi connectivity index (χ1n) is 5.21. The molecule has 0 amide bonds. The van der Waals surface area contributed by atoms with E-state index >= 15 is 0 Å². The molecule has 0 aliphatic rings. The number of rotatable bonds is 3. The molecule has 2 heteroatoms. The number of hydrogen-bond acceptors (Lipinski definition) is 1. The third-order valence-electron chi connectivity index (χ3n) is 2.91. The van der Waals surface area contributed by atoms with Gasteiger partial charge in [0.2, 0.25) is 0 Å². The first-order valence-corrected chi connectivity index (χ1v) is 5.21. The van der Waals surface area contributed by atoms with Crippen molar-refractivity contribution in [2.24, 2.45) is 7.05 Å². The van der Waals surface area contributed by atoms with Crippen LogP contribution in [0.2, 0.25) is 0 Å². The summed E-state index contributed by atoms with van der Waals surface area (Å²) >= 11 is 0. The summed E-state index contributed by atoms with van der Waals surface area (Å²) in [7, 11) is 2.04. The van der Waals surface area contributed by atoms with E-state index in [1.807, 2.05) is 19.2 Å². The van der Waals surface area contributed by atoms with Crippen LogP contribution < -0.4 is 0 Å². The molecule has 1 heterocycles. The van der Waals surface area contributed by atoms with Crippen LogP contribution in [0.3, 0.4) is 0 Å². The van der Waals surface area contributed by atoms with E-state index in [0.29, 0.717) is 12.3 Å². The summed E-state index contributed by atoms with van der Waals surface area (Å²) in [6, 6.07) is 8.30. The number of aldehydes is 1. The molecule has 0 N–H and O–H groups in total. The maximum atomic E-state index is 10.5. The lowest BCUT2D eigenvalue weighted by atomic mass is 9.98. The lowest BCUT2D eigenvalue weighted by Gasteiger charge is -2.05. The van der Waals surface area contributed by atoms with Crippen molar-refractivity contribution in [2.45, 2.75) is 19.3 Å². The highest BCUT2D eigenvalue weighted by molar-refractivity contribution is 5.84. The predicted molar refractivity (Wildman–Crippen MR) is 62.0 cm³/mol. The smallest absolute Gasteiger partial charge is 0.120 e. The monoisotopic (exact) mass is 201 g/mol. The molecule has 0 saturated carbocycles. The second kappa shape index (κ2) is 3.89. The van der Waals surface area contributed by atoms with E-state index in [9.17, 15) is 4.79 Å². The summed E-state index contributed by atoms with van der Waals surface area (Å²) in [6.45, 7) is 2.09. The molecular formula is C13H15NO. The van der Waals surface area contributed by atoms with Crippen LogP contribution in [-0.4, -0.2) is 10.9 Å². The van der Waals surface area contributed by atoms with Crippen LogP contribution in [0.5, 0.6) is 0 Å². The van der Waals surface area contributed by atoms with Gasteiger partial charge >= 0.3 is 0 Å². The highest BCUT2D eigenvalue weighted by Gasteiger charge is 2.11. The summed E-state index contributed by atoms with van der Waals surface area (Å²) in [4.78, 5) is 10.5. The summed E-state index contributed by atoms with van der Waals surface area (Å²) in [6.07, 6.45) is 3.71. The van der Waals surface area contributed by atoms with E-state index in [4.69, 9.17) is 0 Å². The number of carbonyl (C=O) groups is 1. The maximum Gasteiger partial charge on any atom is 0.120 e. The molecule has 0 saturated heterocycles. The van der Waals surface area contributed by atoms with Gasteiger partial charge in [-0.05, 0) is 17.5 Å². The molecule has 0 spiro atoms. The highest BCUT2D eigenvalue weighted by Crippen LogP contribution is 2.28. The first-order chi connectivity index (χ1) is 7.24. The van der Waals surface area contributed by atoms with Gasteiger partial charge < -0.3 is 9.36 Å². The van der Waals surface area contributed by atoms with Crippen LogP contribution >= 0.6 is 0 Å². The van der Waals surface area contributed by atoms with Crippen LogP contribution in [-0.2, 0) is 11.8 Å². The molecular weight excluding hydrogens is 186 g/mol. The minimum atomic E-state index is 0.300. The zero-order valence-corrected chi connectivity index (χ0v) is 9.10. The Morgan fingerprint density at radius 3 is 2.87 bits per heavy atom. The zero-order valence-electron chi connectivity index (χ0n) is 9.10. The standard InChI is InChI=1S/C13H15NO/c1-10(7-8-15)12-9-14(2)13-6-4-3-5-11(12)13/h3-6,8-10H,7H2,1-2H3. The van der Waals surface area contributed by atoms with Crippen molar-refractivity contribution in [1.29, 1.82) is 0 Å². The largest absolute Gasteiger partial charge is 0.350 e. The summed E-state index contributed by atoms with van der Waals surface area (Å²) in [5, 5.41) is 1.26. The Hall–Kier alpha value is -1.57. The van der Waals surface area contributed by atoms with Crippen LogP contribution in [0, 0.1) is 0 Å². The van der Waals surface area contributed by atoms with E-state index in [1.165, 1.54) is 16.5 Å². The highest BCUT2D eigenvalue weighted by atomic mass is 16.1. The minimum Gasteiger partial charge on any atom is -0.350 e. The number of nitrogens with zero attached hydrogens (tertiary/aromatic N) is 1. The van der Waals surface area contributed by atoms with Crippen LogP contribution in [0.25, 0.3) is 10.9 Å². The number of fused-ring (bicyclic) bond motifs is 1. The second-order valence-corrected chi connectivity index (χ2v) is 4.02. The molecule has 0 aliphatic heterocycles. The van der Waals surface area contributed by atoms with E-state index in [-0.39, 0.29) is 0 Å². The molecule has 2 rings (SSSR count). The number of para-hydroxylation sites is 1. The Morgan fingerprint density at radius 1 is 1.40 bits per heavy atom. The van der Waals surface area contributed by atoms with Crippen LogP contribution in [0.15, 0.2) is 30.5 Å². The second-order valence-electron chi connectivity index (χ2n) is 4.02. The maximum absolute atomic E-state index is 10.5. The molecule has 0 bridgehead atoms. The molecule has 1 aromatic carbocycles. The Bertz CT molecular complexity index is 484. The SMILES string of the molecule is CC(CC=O)c1cn(C)c2ccccc12. The fraction of sp³-hybridized carbons (Fsp3) is 0.308. The van der Waals surface area contributed by atoms with Gasteiger partial charge in [-0.15, -0.1) is 0 Å². The van der Waals surface area contributed by atoms with Crippen molar-refractivity contribution in [1.82, 2.24) is 4.57 Å². The van der Waals surface area contributed by atoms with Crippen molar-refractivity contribution in [3.05, 3.63) is 36.0 Å². The van der Waals surface area contributed by atoms with Gasteiger partial charge in [0, 0.05) is 30.6 Å². The van der Waals surface area contributed by atoms with Crippen molar-refractivity contribution < 1.29 is 4.79 Å². The van der Waals surface area contributed by atoms with Crippen LogP contribution in [0.1, 0.15) is 24.8 Å². The van der Waals surface area contributed by atoms with Gasteiger partial charge in [0.15, 0.2) is 0 Å². The molecule has 0 radical (unpaired) electrons. The third-order valence-corrected chi connectivity index (χ3v) is 2.91. The number of aromatic nitrogens is 1. The average Bonchev–Trinajstić information content (AvgIpc) is 2.58. The summed E-state index contributed by atoms with van der Waals surface area (Å²) in [5.41, 5.74) is 2.49. The molecule has 1 atom stereocenters. The average molecular weight is 201 g/mol. The Balaban J connectivity index is 2.56. The fourth-order valence-corrected chi connectivity index (χ4v) is 2.04. The zero-order chi connectivity index (χ0) is 10.8.